The molecule has 2 aromatic carbocycles. The second kappa shape index (κ2) is 9.56. The first-order valence-electron chi connectivity index (χ1n) is 10.4. The third-order valence-corrected chi connectivity index (χ3v) is 7.62. The summed E-state index contributed by atoms with van der Waals surface area (Å²) in [5, 5.41) is 11.9. The highest BCUT2D eigenvalue weighted by Gasteiger charge is 2.38. The minimum Gasteiger partial charge on any atom is -0.481 e. The maximum atomic E-state index is 14.6. The summed E-state index contributed by atoms with van der Waals surface area (Å²) in [5.41, 5.74) is 0.803. The van der Waals surface area contributed by atoms with E-state index in [0.717, 1.165) is 6.07 Å². The lowest BCUT2D eigenvalue weighted by molar-refractivity contribution is -0.136. The monoisotopic (exact) mass is 465 g/mol. The molecule has 1 aliphatic heterocycles. The van der Waals surface area contributed by atoms with Crippen molar-refractivity contribution in [2.75, 3.05) is 26.1 Å². The third-order valence-electron chi connectivity index (χ3n) is 5.89. The molecule has 0 aromatic heterocycles. The molecule has 1 heterocycles. The van der Waals surface area contributed by atoms with Gasteiger partial charge in [-0.2, -0.15) is 0 Å². The van der Waals surface area contributed by atoms with Crippen molar-refractivity contribution in [2.45, 2.75) is 54.1 Å². The highest BCUT2D eigenvalue weighted by Crippen LogP contribution is 2.39. The lowest BCUT2D eigenvalue weighted by Gasteiger charge is -2.39. The summed E-state index contributed by atoms with van der Waals surface area (Å²) in [7, 11) is -0.857. The number of methoxy groups -OCH3 is 1. The van der Waals surface area contributed by atoms with Gasteiger partial charge in [0.2, 0.25) is 9.84 Å². The third kappa shape index (κ3) is 4.95. The van der Waals surface area contributed by atoms with Gasteiger partial charge < -0.3 is 19.9 Å². The van der Waals surface area contributed by atoms with Crippen LogP contribution in [0.3, 0.4) is 0 Å². The normalized spacial score (nSPS) is 21.3. The van der Waals surface area contributed by atoms with Crippen molar-refractivity contribution in [3.8, 4) is 0 Å². The highest BCUT2D eigenvalue weighted by atomic mass is 32.2. The zero-order chi connectivity index (χ0) is 23.5. The molecule has 2 atom stereocenters. The van der Waals surface area contributed by atoms with Crippen molar-refractivity contribution in [1.29, 1.82) is 0 Å². The predicted molar refractivity (Wildman–Crippen MR) is 117 cm³/mol. The van der Waals surface area contributed by atoms with Crippen molar-refractivity contribution in [3.05, 3.63) is 53.3 Å². The van der Waals surface area contributed by atoms with Gasteiger partial charge >= 0.3 is 5.97 Å². The molecule has 2 N–H and O–H groups in total. The number of hydrogen-bond acceptors (Lipinski definition) is 6. The number of ether oxygens (including phenoxy) is 2. The second-order valence-electron chi connectivity index (χ2n) is 7.98. The molecular formula is C23H28FNO6S. The summed E-state index contributed by atoms with van der Waals surface area (Å²) in [4.78, 5) is 10.8. The van der Waals surface area contributed by atoms with Crippen LogP contribution in [0.4, 0.5) is 10.1 Å². The highest BCUT2D eigenvalue weighted by molar-refractivity contribution is 7.91. The Morgan fingerprint density at radius 3 is 2.66 bits per heavy atom. The van der Waals surface area contributed by atoms with Gasteiger partial charge in [-0.05, 0) is 60.9 Å². The molecule has 0 amide bonds. The number of aliphatic carboxylic acids is 1. The number of carboxylic acid groups (broad SMARTS) is 1. The Hall–Kier alpha value is -2.49. The molecule has 2 aromatic rings. The van der Waals surface area contributed by atoms with Crippen LogP contribution in [0.2, 0.25) is 0 Å². The van der Waals surface area contributed by atoms with Gasteiger partial charge in [-0.15, -0.1) is 0 Å². The second-order valence-corrected chi connectivity index (χ2v) is 9.93. The van der Waals surface area contributed by atoms with Crippen LogP contribution >= 0.6 is 0 Å². The van der Waals surface area contributed by atoms with Crippen LogP contribution in [0.1, 0.15) is 37.3 Å². The Kier molecular flexibility index (Phi) is 7.22. The number of rotatable bonds is 8. The quantitative estimate of drug-likeness (QED) is 0.612. The Morgan fingerprint density at radius 2 is 2.03 bits per heavy atom. The molecule has 0 radical (unpaired) electrons. The van der Waals surface area contributed by atoms with Crippen molar-refractivity contribution in [2.24, 2.45) is 0 Å². The Morgan fingerprint density at radius 1 is 1.28 bits per heavy atom. The lowest BCUT2D eigenvalue weighted by atomic mass is 9.83. The number of carboxylic acids is 1. The topological polar surface area (TPSA) is 102 Å². The SMILES string of the molecule is CNc1ccc(S(=O)(=O)c2cc(F)cc([C@@]3(OC)CCO[C@@H](C)C3)c2)cc1CCC(=O)O. The fourth-order valence-electron chi connectivity index (χ4n) is 4.16. The first-order chi connectivity index (χ1) is 15.1. The minimum atomic E-state index is -4.06. The number of nitrogens with one attached hydrogen (secondary N) is 1. The van der Waals surface area contributed by atoms with E-state index in [2.05, 4.69) is 5.32 Å². The molecule has 0 saturated carbocycles. The number of sulfone groups is 1. The molecule has 0 bridgehead atoms. The van der Waals surface area contributed by atoms with Crippen molar-refractivity contribution >= 4 is 21.5 Å². The summed E-state index contributed by atoms with van der Waals surface area (Å²) in [6, 6.07) is 8.22. The summed E-state index contributed by atoms with van der Waals surface area (Å²) in [5.74, 6) is -1.65. The number of benzene rings is 2. The number of anilines is 1. The molecular weight excluding hydrogens is 437 g/mol. The zero-order valence-electron chi connectivity index (χ0n) is 18.4. The Labute approximate surface area is 187 Å². The van der Waals surface area contributed by atoms with Gasteiger partial charge in [-0.3, -0.25) is 4.79 Å². The van der Waals surface area contributed by atoms with E-state index in [1.807, 2.05) is 6.92 Å². The van der Waals surface area contributed by atoms with Gasteiger partial charge in [-0.1, -0.05) is 0 Å². The molecule has 3 rings (SSSR count). The van der Waals surface area contributed by atoms with E-state index in [1.165, 1.54) is 31.4 Å². The van der Waals surface area contributed by atoms with Gasteiger partial charge in [0, 0.05) is 39.1 Å². The van der Waals surface area contributed by atoms with E-state index in [1.54, 1.807) is 13.1 Å². The molecule has 1 fully saturated rings. The van der Waals surface area contributed by atoms with E-state index in [9.17, 15) is 17.6 Å². The molecule has 7 nitrogen and oxygen atoms in total. The maximum Gasteiger partial charge on any atom is 0.303 e. The molecule has 0 aliphatic carbocycles. The van der Waals surface area contributed by atoms with Crippen molar-refractivity contribution in [3.63, 3.8) is 0 Å². The van der Waals surface area contributed by atoms with E-state index >= 15 is 0 Å². The summed E-state index contributed by atoms with van der Waals surface area (Å²) < 4.78 is 52.8. The van der Waals surface area contributed by atoms with Gasteiger partial charge in [0.05, 0.1) is 28.1 Å². The van der Waals surface area contributed by atoms with Crippen LogP contribution in [-0.4, -0.2) is 46.4 Å². The molecule has 0 spiro atoms. The van der Waals surface area contributed by atoms with Gasteiger partial charge in [0.1, 0.15) is 5.82 Å². The zero-order valence-corrected chi connectivity index (χ0v) is 19.2. The smallest absolute Gasteiger partial charge is 0.303 e. The van der Waals surface area contributed by atoms with Gasteiger partial charge in [0.25, 0.3) is 0 Å². The first-order valence-corrected chi connectivity index (χ1v) is 11.8. The number of halogens is 1. The summed E-state index contributed by atoms with van der Waals surface area (Å²) in [6.45, 7) is 2.32. The standard InChI is InChI=1S/C23H28FNO6S/c1-15-14-23(30-3,8-9-31-15)17-11-18(24)13-20(12-17)32(28,29)19-5-6-21(25-2)16(10-19)4-7-22(26)27/h5-6,10-13,15,25H,4,7-9,14H2,1-3H3,(H,26,27)/t15-,23+/m0/s1. The molecule has 32 heavy (non-hydrogen) atoms. The van der Waals surface area contributed by atoms with Crippen LogP contribution in [0.25, 0.3) is 0 Å². The molecule has 174 valence electrons. The van der Waals surface area contributed by atoms with Gasteiger partial charge in [-0.25, -0.2) is 12.8 Å². The predicted octanol–water partition coefficient (Wildman–Crippen LogP) is 3.76. The average Bonchev–Trinajstić information content (AvgIpc) is 2.76. The fraction of sp³-hybridized carbons (Fsp3) is 0.435. The van der Waals surface area contributed by atoms with Crippen LogP contribution < -0.4 is 5.32 Å². The minimum absolute atomic E-state index is 0.0275. The van der Waals surface area contributed by atoms with Crippen LogP contribution in [0, 0.1) is 5.82 Å². The fourth-order valence-corrected chi connectivity index (χ4v) is 5.53. The van der Waals surface area contributed by atoms with Crippen molar-refractivity contribution < 1.29 is 32.2 Å². The summed E-state index contributed by atoms with van der Waals surface area (Å²) >= 11 is 0. The van der Waals surface area contributed by atoms with Crippen LogP contribution in [0.5, 0.6) is 0 Å². The lowest BCUT2D eigenvalue weighted by Crippen LogP contribution is -2.39. The largest absolute Gasteiger partial charge is 0.481 e. The number of hydrogen-bond donors (Lipinski definition) is 2. The van der Waals surface area contributed by atoms with E-state index < -0.39 is 27.2 Å². The van der Waals surface area contributed by atoms with Crippen LogP contribution in [0.15, 0.2) is 46.2 Å². The number of aryl methyl sites for hydroxylation is 1. The van der Waals surface area contributed by atoms with E-state index in [-0.39, 0.29) is 28.7 Å². The Balaban J connectivity index is 2.06. The van der Waals surface area contributed by atoms with Crippen LogP contribution in [-0.2, 0) is 36.1 Å². The molecule has 0 unspecified atom stereocenters. The molecule has 1 saturated heterocycles. The van der Waals surface area contributed by atoms with Gasteiger partial charge in [0.15, 0.2) is 0 Å². The first kappa shape index (κ1) is 24.2. The average molecular weight is 466 g/mol. The number of carbonyl (C=O) groups is 1. The maximum absolute atomic E-state index is 14.6. The Bertz CT molecular complexity index is 1100. The van der Waals surface area contributed by atoms with E-state index in [4.69, 9.17) is 14.6 Å². The van der Waals surface area contributed by atoms with Crippen molar-refractivity contribution in [1.82, 2.24) is 0 Å². The molecule has 9 heteroatoms. The molecule has 1 aliphatic rings. The summed E-state index contributed by atoms with van der Waals surface area (Å²) in [6.07, 6.45) is 0.862. The van der Waals surface area contributed by atoms with E-state index in [0.29, 0.717) is 36.3 Å².